The molecule has 0 saturated carbocycles. The Balaban J connectivity index is 1.33. The number of anilines is 1. The molecule has 782 valence electrons. The van der Waals surface area contributed by atoms with E-state index < -0.39 is 164 Å². The molecule has 1 aromatic rings. The second kappa shape index (κ2) is 77.2. The summed E-state index contributed by atoms with van der Waals surface area (Å²) in [6.07, 6.45) is 3.67. The number of aliphatic carboxylic acids is 1. The number of carbonyl (C=O) groups is 16. The Labute approximate surface area is 803 Å². The number of carboxylic acids is 1. The number of hydrogen-bond acceptors (Lipinski definition) is 35. The lowest BCUT2D eigenvalue weighted by Crippen LogP contribution is -2.64. The van der Waals surface area contributed by atoms with Gasteiger partial charge in [0.2, 0.25) is 53.2 Å². The third kappa shape index (κ3) is 62.3. The number of nitrogens with zero attached hydrogens (tertiary/aromatic N) is 2. The van der Waals surface area contributed by atoms with E-state index in [1.807, 2.05) is 6.92 Å². The van der Waals surface area contributed by atoms with E-state index >= 15 is 0 Å². The molecule has 13 N–H and O–H groups in total. The minimum atomic E-state index is -1.93. The molecular formula is C89H145N13O36. The summed E-state index contributed by atoms with van der Waals surface area (Å²) in [5.74, 6) is -11.8. The van der Waals surface area contributed by atoms with E-state index in [0.717, 1.165) is 40.5 Å². The molecular weight excluding hydrogens is 1830 g/mol. The Morgan fingerprint density at radius 1 is 0.399 bits per heavy atom. The highest BCUT2D eigenvalue weighted by Gasteiger charge is 2.38. The van der Waals surface area contributed by atoms with E-state index in [0.29, 0.717) is 124 Å². The Bertz CT molecular complexity index is 3790. The number of rotatable bonds is 86. The summed E-state index contributed by atoms with van der Waals surface area (Å²) in [7, 11) is 1.62. The van der Waals surface area contributed by atoms with Crippen molar-refractivity contribution in [2.45, 2.75) is 135 Å². The maximum Gasteiger partial charge on any atom is 0.411 e. The first-order valence-electron chi connectivity index (χ1n) is 46.2. The summed E-state index contributed by atoms with van der Waals surface area (Å²) in [6, 6.07) is -1.06. The number of aromatic hydroxyl groups is 1. The first-order chi connectivity index (χ1) is 66.5. The van der Waals surface area contributed by atoms with E-state index in [-0.39, 0.29) is 188 Å². The van der Waals surface area contributed by atoms with E-state index in [9.17, 15) is 86.9 Å². The zero-order chi connectivity index (χ0) is 101. The lowest BCUT2D eigenvalue weighted by Gasteiger charge is -2.28. The van der Waals surface area contributed by atoms with Crippen LogP contribution in [0.25, 0.3) is 0 Å². The van der Waals surface area contributed by atoms with Crippen LogP contribution in [-0.2, 0) is 159 Å². The van der Waals surface area contributed by atoms with Crippen LogP contribution >= 0.6 is 0 Å². The molecule has 3 rings (SSSR count). The SMILES string of the molecule is CCCCNC(=O)[C@H](CCCCNC(=O)COCCOCCOCCOCCOCCOCCOCCOCCOC)NC(=O)CNC(=O)CNC(=O)CCCNC(=O)[C@@H](NC(=O)CCN1C(=O)C=CC1=O)[C@H](NC(=O)CCN1C(=O)C=CC1=O)C(=O)NCCOCCOCCOCCOCCOCCOCCOCCOC(=O)Nc1cc(C[C@@H](C[C@H](C)C(=O)O)NC(=O)OC(C)(C)C)ccc1O. The van der Waals surface area contributed by atoms with Gasteiger partial charge < -0.3 is 149 Å². The average molecular weight is 1970 g/mol. The van der Waals surface area contributed by atoms with Crippen molar-refractivity contribution in [2.24, 2.45) is 5.92 Å². The van der Waals surface area contributed by atoms with E-state index in [1.54, 1.807) is 33.9 Å². The average Bonchev–Trinajstić information content (AvgIpc) is 1.55. The molecule has 49 heteroatoms. The number of carboxylic acid groups (broad SMARTS) is 1. The van der Waals surface area contributed by atoms with Gasteiger partial charge in [0.1, 0.15) is 42.7 Å². The molecule has 0 spiro atoms. The molecule has 0 aliphatic carbocycles. The summed E-state index contributed by atoms with van der Waals surface area (Å²) in [6.45, 7) is 15.4. The molecule has 1 aromatic carbocycles. The molecule has 2 heterocycles. The number of alkyl carbamates (subject to hydrolysis) is 1. The number of ether oxygens (including phenoxy) is 18. The minimum Gasteiger partial charge on any atom is -0.506 e. The van der Waals surface area contributed by atoms with Crippen molar-refractivity contribution in [1.82, 2.24) is 63.0 Å². The molecule has 0 radical (unpaired) electrons. The van der Waals surface area contributed by atoms with Crippen molar-refractivity contribution in [2.75, 3.05) is 276 Å². The monoisotopic (exact) mass is 1970 g/mol. The molecule has 0 unspecified atom stereocenters. The van der Waals surface area contributed by atoms with Crippen LogP contribution in [0.2, 0.25) is 0 Å². The second-order valence-electron chi connectivity index (χ2n) is 31.5. The number of phenolic OH excluding ortho intramolecular Hbond substituents is 1. The quantitative estimate of drug-likeness (QED) is 0.0189. The molecule has 0 aromatic heterocycles. The van der Waals surface area contributed by atoms with Gasteiger partial charge in [0.05, 0.1) is 223 Å². The Morgan fingerprint density at radius 3 is 1.24 bits per heavy atom. The summed E-state index contributed by atoms with van der Waals surface area (Å²) < 4.78 is 97.7. The number of methoxy groups -OCH3 is 1. The number of imide groups is 2. The smallest absolute Gasteiger partial charge is 0.411 e. The van der Waals surface area contributed by atoms with E-state index in [2.05, 4.69) is 58.5 Å². The van der Waals surface area contributed by atoms with Crippen molar-refractivity contribution in [3.8, 4) is 5.75 Å². The van der Waals surface area contributed by atoms with Crippen LogP contribution in [0.1, 0.15) is 104 Å². The first kappa shape index (κ1) is 122. The summed E-state index contributed by atoms with van der Waals surface area (Å²) >= 11 is 0. The third-order valence-electron chi connectivity index (χ3n) is 19.0. The summed E-state index contributed by atoms with van der Waals surface area (Å²) in [5.41, 5.74) is -0.165. The highest BCUT2D eigenvalue weighted by Crippen LogP contribution is 2.26. The maximum absolute atomic E-state index is 14.2. The highest BCUT2D eigenvalue weighted by molar-refractivity contribution is 6.14. The third-order valence-corrected chi connectivity index (χ3v) is 19.0. The van der Waals surface area contributed by atoms with E-state index in [1.165, 1.54) is 19.1 Å². The van der Waals surface area contributed by atoms with Crippen molar-refractivity contribution >= 4 is 101 Å². The maximum atomic E-state index is 14.2. The van der Waals surface area contributed by atoms with Gasteiger partial charge in [-0.05, 0) is 83.4 Å². The number of unbranched alkanes of at least 4 members (excludes halogenated alkanes) is 2. The molecule has 0 fully saturated rings. The zero-order valence-corrected chi connectivity index (χ0v) is 80.2. The van der Waals surface area contributed by atoms with Gasteiger partial charge >= 0.3 is 18.2 Å². The molecule has 5 atom stereocenters. The summed E-state index contributed by atoms with van der Waals surface area (Å²) in [5, 5.41) is 47.9. The molecule has 49 nitrogen and oxygen atoms in total. The molecule has 0 saturated heterocycles. The summed E-state index contributed by atoms with van der Waals surface area (Å²) in [4.78, 5) is 207. The van der Waals surface area contributed by atoms with Crippen molar-refractivity contribution in [3.05, 3.63) is 48.1 Å². The van der Waals surface area contributed by atoms with Crippen LogP contribution < -0.4 is 58.5 Å². The van der Waals surface area contributed by atoms with Gasteiger partial charge in [0.15, 0.2) is 0 Å². The van der Waals surface area contributed by atoms with E-state index in [4.69, 9.17) is 85.3 Å². The standard InChI is InChI=1S/C89H145N13O36/c1-7-8-22-91-83(114)68(12-9-10-23-90-76(109)64-136-56-55-134-52-51-132-48-47-130-44-43-129-42-41-127-38-37-125-34-33-123-30-29-121-6)97-75(108)63-95-74(107)62-94-71(104)13-11-24-92-84(115)81(99-72(105)20-26-101-77(110)16-17-78(101)111)82(100-73(106)21-27-102-79(112)18-19-80(102)113)85(116)93-25-28-122-31-32-124-35-36-126-39-40-128-45-46-131-49-50-133-53-54-135-57-58-137-87(119)98-69-61-66(14-15-70(69)103)60-67(59-65(2)86(117)118)96-88(120)138-89(3,4)5/h14-19,61,65,67-68,81-82,103H,7-13,20-60,62-64H2,1-6H3,(H,90,109)(H,91,114)(H,92,115)(H,93,116)(H,94,104)(H,95,107)(H,96,120)(H,97,108)(H,98,119)(H,99,105)(H,100,106)(H,117,118)/t65-,67+,68-,81-,82-/m0/s1. The molecule has 15 amide bonds. The fraction of sp³-hybridized carbons (Fsp3) is 0.708. The van der Waals surface area contributed by atoms with Gasteiger partial charge in [-0.15, -0.1) is 0 Å². The van der Waals surface area contributed by atoms with Gasteiger partial charge in [-0.25, -0.2) is 9.59 Å². The van der Waals surface area contributed by atoms with Crippen LogP contribution in [0.3, 0.4) is 0 Å². The Morgan fingerprint density at radius 2 is 0.797 bits per heavy atom. The fourth-order valence-corrected chi connectivity index (χ4v) is 11.9. The second-order valence-corrected chi connectivity index (χ2v) is 31.5. The van der Waals surface area contributed by atoms with Crippen LogP contribution in [0.4, 0.5) is 15.3 Å². The predicted molar refractivity (Wildman–Crippen MR) is 488 cm³/mol. The fourth-order valence-electron chi connectivity index (χ4n) is 11.9. The molecule has 2 aliphatic heterocycles. The molecule has 2 aliphatic rings. The molecule has 0 bridgehead atoms. The van der Waals surface area contributed by atoms with Crippen LogP contribution in [0.5, 0.6) is 5.75 Å². The number of phenols is 1. The number of amides is 15. The number of nitrogens with one attached hydrogen (secondary N) is 11. The van der Waals surface area contributed by atoms with Gasteiger partial charge in [0, 0.05) is 96.0 Å². The number of benzene rings is 1. The lowest BCUT2D eigenvalue weighted by molar-refractivity contribution is -0.142. The van der Waals surface area contributed by atoms with Gasteiger partial charge in [-0.3, -0.25) is 82.2 Å². The van der Waals surface area contributed by atoms with Gasteiger partial charge in [0.25, 0.3) is 23.6 Å². The largest absolute Gasteiger partial charge is 0.506 e. The Kier molecular flexibility index (Phi) is 68.0. The predicted octanol–water partition coefficient (Wildman–Crippen LogP) is -2.08. The van der Waals surface area contributed by atoms with Crippen molar-refractivity contribution in [3.63, 3.8) is 0 Å². The van der Waals surface area contributed by atoms with Crippen molar-refractivity contribution < 1.29 is 172 Å². The number of hydrogen-bond donors (Lipinski definition) is 13. The lowest BCUT2D eigenvalue weighted by atomic mass is 9.96. The van der Waals surface area contributed by atoms with Gasteiger partial charge in [-0.2, -0.15) is 0 Å². The Hall–Kier alpha value is -10.6. The van der Waals surface area contributed by atoms with Crippen LogP contribution in [0, 0.1) is 5.92 Å². The van der Waals surface area contributed by atoms with Gasteiger partial charge in [-0.1, -0.05) is 26.3 Å². The topological polar surface area (TPSA) is 619 Å². The van der Waals surface area contributed by atoms with Crippen molar-refractivity contribution in [1.29, 1.82) is 0 Å². The zero-order valence-electron chi connectivity index (χ0n) is 80.2. The minimum absolute atomic E-state index is 0.0382. The van der Waals surface area contributed by atoms with Crippen LogP contribution in [-0.4, -0.2) is 416 Å². The number of carbonyl (C=O) groups excluding carboxylic acids is 15. The first-order valence-corrected chi connectivity index (χ1v) is 46.2. The van der Waals surface area contributed by atoms with Crippen LogP contribution in [0.15, 0.2) is 42.5 Å². The normalized spacial score (nSPS) is 13.4. The molecule has 138 heavy (non-hydrogen) atoms. The highest BCUT2D eigenvalue weighted by atomic mass is 16.6.